The van der Waals surface area contributed by atoms with Crippen molar-refractivity contribution in [3.63, 3.8) is 0 Å². The van der Waals surface area contributed by atoms with Crippen LogP contribution in [0.15, 0.2) is 0 Å². The molecule has 2 aliphatic heterocycles. The standard InChI is InChI=1S/C14H26N2/c1-13(3-2-4-13)11-16-10-7-14(12-16)5-8-15-9-6-14/h15H,2-12H2,1H3. The molecule has 0 amide bonds. The van der Waals surface area contributed by atoms with Gasteiger partial charge in [-0.2, -0.15) is 0 Å². The van der Waals surface area contributed by atoms with E-state index < -0.39 is 0 Å². The number of hydrogen-bond donors (Lipinski definition) is 1. The van der Waals surface area contributed by atoms with Gasteiger partial charge in [0.05, 0.1) is 0 Å². The Morgan fingerprint density at radius 2 is 1.81 bits per heavy atom. The summed E-state index contributed by atoms with van der Waals surface area (Å²) in [5, 5.41) is 3.50. The van der Waals surface area contributed by atoms with Gasteiger partial charge in [-0.1, -0.05) is 13.3 Å². The Hall–Kier alpha value is -0.0800. The predicted octanol–water partition coefficient (Wildman–Crippen LogP) is 2.25. The average molecular weight is 222 g/mol. The molecule has 2 saturated heterocycles. The van der Waals surface area contributed by atoms with Gasteiger partial charge in [0.1, 0.15) is 0 Å². The van der Waals surface area contributed by atoms with Crippen LogP contribution in [0, 0.1) is 10.8 Å². The van der Waals surface area contributed by atoms with Crippen molar-refractivity contribution in [3.05, 3.63) is 0 Å². The Labute approximate surface area is 99.8 Å². The monoisotopic (exact) mass is 222 g/mol. The van der Waals surface area contributed by atoms with Crippen LogP contribution in [0.5, 0.6) is 0 Å². The van der Waals surface area contributed by atoms with E-state index in [9.17, 15) is 0 Å². The second-order valence-electron chi connectivity index (χ2n) is 6.87. The topological polar surface area (TPSA) is 15.3 Å². The molecule has 16 heavy (non-hydrogen) atoms. The summed E-state index contributed by atoms with van der Waals surface area (Å²) in [6, 6.07) is 0. The zero-order chi connectivity index (χ0) is 11.1. The molecule has 1 N–H and O–H groups in total. The third-order valence-corrected chi connectivity index (χ3v) is 5.35. The first-order chi connectivity index (χ1) is 7.70. The van der Waals surface area contributed by atoms with E-state index in [4.69, 9.17) is 0 Å². The van der Waals surface area contributed by atoms with Gasteiger partial charge in [-0.15, -0.1) is 0 Å². The van der Waals surface area contributed by atoms with Gasteiger partial charge in [0.15, 0.2) is 0 Å². The average Bonchev–Trinajstić information content (AvgIpc) is 2.60. The third kappa shape index (κ3) is 2.02. The van der Waals surface area contributed by atoms with Crippen molar-refractivity contribution in [1.29, 1.82) is 0 Å². The molecule has 0 bridgehead atoms. The van der Waals surface area contributed by atoms with Crippen molar-refractivity contribution < 1.29 is 0 Å². The first-order valence-corrected chi connectivity index (χ1v) is 7.13. The van der Waals surface area contributed by atoms with Gasteiger partial charge in [0, 0.05) is 13.1 Å². The zero-order valence-electron chi connectivity index (χ0n) is 10.7. The van der Waals surface area contributed by atoms with Crippen molar-refractivity contribution >= 4 is 0 Å². The highest BCUT2D eigenvalue weighted by molar-refractivity contribution is 4.96. The summed E-state index contributed by atoms with van der Waals surface area (Å²) in [5.74, 6) is 0. The van der Waals surface area contributed by atoms with Gasteiger partial charge in [0.25, 0.3) is 0 Å². The number of likely N-dealkylation sites (tertiary alicyclic amines) is 1. The molecule has 2 heteroatoms. The number of hydrogen-bond acceptors (Lipinski definition) is 2. The van der Waals surface area contributed by atoms with E-state index in [1.807, 2.05) is 0 Å². The molecular formula is C14H26N2. The summed E-state index contributed by atoms with van der Waals surface area (Å²) in [7, 11) is 0. The zero-order valence-corrected chi connectivity index (χ0v) is 10.7. The van der Waals surface area contributed by atoms with Gasteiger partial charge < -0.3 is 10.2 Å². The SMILES string of the molecule is CC1(CN2CCC3(CCNCC3)C2)CCC1. The summed E-state index contributed by atoms with van der Waals surface area (Å²) in [4.78, 5) is 2.77. The van der Waals surface area contributed by atoms with Crippen LogP contribution in [-0.4, -0.2) is 37.6 Å². The number of piperidine rings is 1. The molecule has 3 aliphatic rings. The molecule has 0 aromatic rings. The van der Waals surface area contributed by atoms with Gasteiger partial charge in [-0.3, -0.25) is 0 Å². The second kappa shape index (κ2) is 3.99. The maximum absolute atomic E-state index is 3.50. The van der Waals surface area contributed by atoms with Crippen LogP contribution >= 0.6 is 0 Å². The first-order valence-electron chi connectivity index (χ1n) is 7.13. The van der Waals surface area contributed by atoms with Crippen LogP contribution < -0.4 is 5.32 Å². The van der Waals surface area contributed by atoms with Crippen LogP contribution in [0.25, 0.3) is 0 Å². The molecule has 0 aromatic carbocycles. The largest absolute Gasteiger partial charge is 0.317 e. The van der Waals surface area contributed by atoms with Crippen LogP contribution in [0.1, 0.15) is 45.4 Å². The van der Waals surface area contributed by atoms with E-state index in [2.05, 4.69) is 17.1 Å². The smallest absolute Gasteiger partial charge is 0.00396 e. The van der Waals surface area contributed by atoms with Gasteiger partial charge in [-0.05, 0) is 62.6 Å². The molecule has 92 valence electrons. The Balaban J connectivity index is 1.55. The highest BCUT2D eigenvalue weighted by Crippen LogP contribution is 2.44. The number of nitrogens with zero attached hydrogens (tertiary/aromatic N) is 1. The Morgan fingerprint density at radius 3 is 2.44 bits per heavy atom. The van der Waals surface area contributed by atoms with E-state index in [-0.39, 0.29) is 0 Å². The van der Waals surface area contributed by atoms with E-state index >= 15 is 0 Å². The van der Waals surface area contributed by atoms with Crippen LogP contribution in [-0.2, 0) is 0 Å². The minimum absolute atomic E-state index is 0.679. The molecule has 0 atom stereocenters. The van der Waals surface area contributed by atoms with E-state index in [0.717, 1.165) is 0 Å². The second-order valence-corrected chi connectivity index (χ2v) is 6.87. The highest BCUT2D eigenvalue weighted by atomic mass is 15.2. The predicted molar refractivity (Wildman–Crippen MR) is 67.6 cm³/mol. The minimum Gasteiger partial charge on any atom is -0.317 e. The lowest BCUT2D eigenvalue weighted by Crippen LogP contribution is -2.42. The molecule has 2 heterocycles. The quantitative estimate of drug-likeness (QED) is 0.771. The summed E-state index contributed by atoms with van der Waals surface area (Å²) >= 11 is 0. The summed E-state index contributed by atoms with van der Waals surface area (Å²) < 4.78 is 0. The molecule has 0 radical (unpaired) electrons. The highest BCUT2D eigenvalue weighted by Gasteiger charge is 2.42. The number of nitrogens with one attached hydrogen (secondary N) is 1. The van der Waals surface area contributed by atoms with Gasteiger partial charge in [-0.25, -0.2) is 0 Å². The number of rotatable bonds is 2. The molecule has 1 aliphatic carbocycles. The molecule has 3 rings (SSSR count). The maximum atomic E-state index is 3.50. The lowest BCUT2D eigenvalue weighted by molar-refractivity contribution is 0.0870. The summed E-state index contributed by atoms with van der Waals surface area (Å²) in [6.45, 7) is 9.14. The molecule has 1 saturated carbocycles. The Morgan fingerprint density at radius 1 is 1.06 bits per heavy atom. The fourth-order valence-electron chi connectivity index (χ4n) is 4.01. The molecule has 2 nitrogen and oxygen atoms in total. The summed E-state index contributed by atoms with van der Waals surface area (Å²) in [5.41, 5.74) is 1.38. The molecule has 0 aromatic heterocycles. The minimum atomic E-state index is 0.679. The van der Waals surface area contributed by atoms with E-state index in [1.54, 1.807) is 0 Å². The molecule has 3 fully saturated rings. The van der Waals surface area contributed by atoms with Crippen LogP contribution in [0.2, 0.25) is 0 Å². The third-order valence-electron chi connectivity index (χ3n) is 5.35. The van der Waals surface area contributed by atoms with Gasteiger partial charge in [0.2, 0.25) is 0 Å². The first kappa shape index (κ1) is 11.0. The van der Waals surface area contributed by atoms with E-state index in [1.165, 1.54) is 71.2 Å². The van der Waals surface area contributed by atoms with E-state index in [0.29, 0.717) is 10.8 Å². The lowest BCUT2D eigenvalue weighted by Gasteiger charge is -2.42. The Kier molecular flexibility index (Phi) is 2.75. The lowest BCUT2D eigenvalue weighted by atomic mass is 9.70. The van der Waals surface area contributed by atoms with Crippen LogP contribution in [0.3, 0.4) is 0 Å². The van der Waals surface area contributed by atoms with Crippen molar-refractivity contribution in [3.8, 4) is 0 Å². The normalized spacial score (nSPS) is 32.8. The molecule has 1 spiro atoms. The van der Waals surface area contributed by atoms with Gasteiger partial charge >= 0.3 is 0 Å². The van der Waals surface area contributed by atoms with Crippen molar-refractivity contribution in [1.82, 2.24) is 10.2 Å². The van der Waals surface area contributed by atoms with Crippen molar-refractivity contribution in [2.45, 2.75) is 45.4 Å². The Bertz CT molecular complexity index is 251. The molecular weight excluding hydrogens is 196 g/mol. The fraction of sp³-hybridized carbons (Fsp3) is 1.00. The van der Waals surface area contributed by atoms with Crippen molar-refractivity contribution in [2.24, 2.45) is 10.8 Å². The van der Waals surface area contributed by atoms with Crippen LogP contribution in [0.4, 0.5) is 0 Å². The molecule has 0 unspecified atom stereocenters. The fourth-order valence-corrected chi connectivity index (χ4v) is 4.01. The maximum Gasteiger partial charge on any atom is 0.00396 e. The van der Waals surface area contributed by atoms with Crippen molar-refractivity contribution in [2.75, 3.05) is 32.7 Å². The summed E-state index contributed by atoms with van der Waals surface area (Å²) in [6.07, 6.45) is 8.71.